The Kier molecular flexibility index (Phi) is 5.60. The minimum atomic E-state index is 0.122. The molecule has 2 N–H and O–H groups in total. The lowest BCUT2D eigenvalue weighted by Crippen LogP contribution is -2.55. The van der Waals surface area contributed by atoms with E-state index in [2.05, 4.69) is 10.1 Å². The van der Waals surface area contributed by atoms with Crippen LogP contribution in [0.2, 0.25) is 0 Å². The Balaban J connectivity index is 2.00. The summed E-state index contributed by atoms with van der Waals surface area (Å²) in [6, 6.07) is 5.79. The lowest BCUT2D eigenvalue weighted by molar-refractivity contribution is -0.121. The SMILES string of the molecule is CC1CN(N(N=CCc2ccccn2)C(N)=S)CC(C)O1. The summed E-state index contributed by atoms with van der Waals surface area (Å²) < 4.78 is 5.71. The molecule has 114 valence electrons. The second-order valence-electron chi connectivity index (χ2n) is 5.08. The maximum absolute atomic E-state index is 5.78. The summed E-state index contributed by atoms with van der Waals surface area (Å²) in [6.45, 7) is 5.47. The second-order valence-corrected chi connectivity index (χ2v) is 5.50. The first kappa shape index (κ1) is 15.8. The Morgan fingerprint density at radius 3 is 2.81 bits per heavy atom. The van der Waals surface area contributed by atoms with Crippen molar-refractivity contribution in [2.45, 2.75) is 32.5 Å². The number of pyridine rings is 1. The highest BCUT2D eigenvalue weighted by Gasteiger charge is 2.27. The lowest BCUT2D eigenvalue weighted by Gasteiger charge is -2.39. The van der Waals surface area contributed by atoms with E-state index in [9.17, 15) is 0 Å². The van der Waals surface area contributed by atoms with Crippen LogP contribution in [0.3, 0.4) is 0 Å². The van der Waals surface area contributed by atoms with Crippen LogP contribution in [0.15, 0.2) is 29.5 Å². The smallest absolute Gasteiger partial charge is 0.203 e. The van der Waals surface area contributed by atoms with Gasteiger partial charge in [-0.25, -0.2) is 0 Å². The largest absolute Gasteiger partial charge is 0.374 e. The van der Waals surface area contributed by atoms with Crippen molar-refractivity contribution in [3.63, 3.8) is 0 Å². The fourth-order valence-electron chi connectivity index (χ4n) is 2.31. The second kappa shape index (κ2) is 7.44. The van der Waals surface area contributed by atoms with Gasteiger partial charge in [-0.2, -0.15) is 15.2 Å². The molecule has 21 heavy (non-hydrogen) atoms. The zero-order valence-electron chi connectivity index (χ0n) is 12.3. The third-order valence-electron chi connectivity index (χ3n) is 3.08. The van der Waals surface area contributed by atoms with Crippen molar-refractivity contribution in [2.24, 2.45) is 10.8 Å². The molecule has 1 aliphatic rings. The van der Waals surface area contributed by atoms with Crippen LogP contribution in [0.5, 0.6) is 0 Å². The molecule has 0 spiro atoms. The van der Waals surface area contributed by atoms with Crippen LogP contribution >= 0.6 is 12.2 Å². The summed E-state index contributed by atoms with van der Waals surface area (Å²) in [5, 5.41) is 8.20. The number of hydrazine groups is 1. The molecule has 1 aromatic heterocycles. The minimum Gasteiger partial charge on any atom is -0.374 e. The molecule has 0 amide bonds. The topological polar surface area (TPSA) is 67.0 Å². The number of thiocarbonyl (C=S) groups is 1. The standard InChI is InChI=1S/C14H21N5OS/c1-11-9-18(10-12(2)20-11)19(14(15)21)17-8-6-13-5-3-4-7-16-13/h3-5,7-8,11-12H,6,9-10H2,1-2H3,(H2,15,21). The van der Waals surface area contributed by atoms with Crippen molar-refractivity contribution in [2.75, 3.05) is 13.1 Å². The number of nitrogens with zero attached hydrogens (tertiary/aromatic N) is 4. The number of hydrogen-bond donors (Lipinski definition) is 1. The summed E-state index contributed by atoms with van der Waals surface area (Å²) in [5.41, 5.74) is 6.74. The van der Waals surface area contributed by atoms with Crippen molar-refractivity contribution in [3.8, 4) is 0 Å². The fraction of sp³-hybridized carbons (Fsp3) is 0.500. The Morgan fingerprint density at radius 2 is 2.24 bits per heavy atom. The third-order valence-corrected chi connectivity index (χ3v) is 3.25. The maximum Gasteiger partial charge on any atom is 0.203 e. The lowest BCUT2D eigenvalue weighted by atomic mass is 10.2. The van der Waals surface area contributed by atoms with Gasteiger partial charge in [-0.1, -0.05) is 6.07 Å². The quantitative estimate of drug-likeness (QED) is 0.512. The van der Waals surface area contributed by atoms with Crippen molar-refractivity contribution in [1.29, 1.82) is 0 Å². The van der Waals surface area contributed by atoms with Crippen LogP contribution in [0, 0.1) is 0 Å². The highest BCUT2D eigenvalue weighted by molar-refractivity contribution is 7.80. The van der Waals surface area contributed by atoms with Gasteiger partial charge in [0.2, 0.25) is 5.11 Å². The molecular formula is C14H21N5OS. The molecule has 0 aromatic carbocycles. The van der Waals surface area contributed by atoms with Crippen LogP contribution in [0.25, 0.3) is 0 Å². The van der Waals surface area contributed by atoms with Crippen LogP contribution in [0.4, 0.5) is 0 Å². The van der Waals surface area contributed by atoms with Gasteiger partial charge in [0.1, 0.15) is 0 Å². The Morgan fingerprint density at radius 1 is 1.52 bits per heavy atom. The molecule has 1 fully saturated rings. The normalized spacial score (nSPS) is 23.3. The number of morpholine rings is 1. The molecule has 2 heterocycles. The Hall–Kier alpha value is -1.57. The molecule has 7 heteroatoms. The van der Waals surface area contributed by atoms with Crippen molar-refractivity contribution in [3.05, 3.63) is 30.1 Å². The highest BCUT2D eigenvalue weighted by atomic mass is 32.1. The number of rotatable bonds is 4. The van der Waals surface area contributed by atoms with Gasteiger partial charge in [0.25, 0.3) is 0 Å². The summed E-state index contributed by atoms with van der Waals surface area (Å²) in [7, 11) is 0. The van der Waals surface area contributed by atoms with Crippen LogP contribution in [-0.2, 0) is 11.2 Å². The average Bonchev–Trinajstić information content (AvgIpc) is 2.43. The molecule has 0 radical (unpaired) electrons. The molecule has 6 nitrogen and oxygen atoms in total. The molecule has 1 aliphatic heterocycles. The number of hydrazone groups is 1. The van der Waals surface area contributed by atoms with E-state index in [4.69, 9.17) is 22.7 Å². The van der Waals surface area contributed by atoms with E-state index in [1.807, 2.05) is 37.1 Å². The number of ether oxygens (including phenoxy) is 1. The maximum atomic E-state index is 5.78. The fourth-order valence-corrected chi connectivity index (χ4v) is 2.47. The first-order valence-corrected chi connectivity index (χ1v) is 7.39. The molecule has 2 rings (SSSR count). The predicted octanol–water partition coefficient (Wildman–Crippen LogP) is 1.18. The molecule has 0 saturated carbocycles. The van der Waals surface area contributed by atoms with Gasteiger partial charge in [0.05, 0.1) is 12.2 Å². The monoisotopic (exact) mass is 307 g/mol. The minimum absolute atomic E-state index is 0.122. The first-order valence-electron chi connectivity index (χ1n) is 6.98. The van der Waals surface area contributed by atoms with Gasteiger partial charge >= 0.3 is 0 Å². The molecule has 1 saturated heterocycles. The molecule has 0 bridgehead atoms. The predicted molar refractivity (Wildman–Crippen MR) is 86.6 cm³/mol. The summed E-state index contributed by atoms with van der Waals surface area (Å²) in [4.78, 5) is 4.25. The van der Waals surface area contributed by atoms with Crippen molar-refractivity contribution in [1.82, 2.24) is 15.1 Å². The molecule has 1 aromatic rings. The van der Waals surface area contributed by atoms with Gasteiger partial charge in [-0.05, 0) is 38.2 Å². The Labute approximate surface area is 130 Å². The molecule has 0 aliphatic carbocycles. The van der Waals surface area contributed by atoms with Crippen molar-refractivity contribution >= 4 is 23.5 Å². The van der Waals surface area contributed by atoms with Crippen molar-refractivity contribution < 1.29 is 4.74 Å². The number of hydrogen-bond acceptors (Lipinski definition) is 5. The number of nitrogens with two attached hydrogens (primary N) is 1. The van der Waals surface area contributed by atoms with Crippen LogP contribution < -0.4 is 5.73 Å². The van der Waals surface area contributed by atoms with E-state index in [-0.39, 0.29) is 17.3 Å². The zero-order valence-corrected chi connectivity index (χ0v) is 13.2. The third kappa shape index (κ3) is 4.73. The van der Waals surface area contributed by atoms with Crippen LogP contribution in [-0.4, -0.2) is 51.7 Å². The summed E-state index contributed by atoms with van der Waals surface area (Å²) >= 11 is 5.10. The van der Waals surface area contributed by atoms with E-state index < -0.39 is 0 Å². The van der Waals surface area contributed by atoms with Gasteiger partial charge in [0, 0.05) is 37.6 Å². The average molecular weight is 307 g/mol. The summed E-state index contributed by atoms with van der Waals surface area (Å²) in [6.07, 6.45) is 4.41. The van der Waals surface area contributed by atoms with E-state index in [1.165, 1.54) is 0 Å². The van der Waals surface area contributed by atoms with Gasteiger partial charge in [0.15, 0.2) is 0 Å². The molecule has 2 atom stereocenters. The van der Waals surface area contributed by atoms with E-state index in [0.717, 1.165) is 5.69 Å². The molecular weight excluding hydrogens is 286 g/mol. The van der Waals surface area contributed by atoms with Gasteiger partial charge < -0.3 is 10.5 Å². The summed E-state index contributed by atoms with van der Waals surface area (Å²) in [5.74, 6) is 0. The Bertz CT molecular complexity index is 485. The number of aromatic nitrogens is 1. The van der Waals surface area contributed by atoms with E-state index in [0.29, 0.717) is 19.5 Å². The van der Waals surface area contributed by atoms with Gasteiger partial charge in [-0.3, -0.25) is 4.98 Å². The van der Waals surface area contributed by atoms with Crippen LogP contribution in [0.1, 0.15) is 19.5 Å². The van der Waals surface area contributed by atoms with Gasteiger partial charge in [-0.15, -0.1) is 0 Å². The first-order chi connectivity index (χ1) is 10.1. The van der Waals surface area contributed by atoms with E-state index in [1.54, 1.807) is 17.5 Å². The van der Waals surface area contributed by atoms with E-state index >= 15 is 0 Å². The highest BCUT2D eigenvalue weighted by Crippen LogP contribution is 2.13. The molecule has 2 unspecified atom stereocenters. The zero-order chi connectivity index (χ0) is 15.2.